The smallest absolute Gasteiger partial charge is 0.234 e. The molecule has 0 atom stereocenters. The fourth-order valence-corrected chi connectivity index (χ4v) is 5.85. The summed E-state index contributed by atoms with van der Waals surface area (Å²) in [6, 6.07) is 5.17. The number of amides is 1. The summed E-state index contributed by atoms with van der Waals surface area (Å²) in [5, 5.41) is 15.5. The largest absolute Gasteiger partial charge is 0.324 e. The Morgan fingerprint density at radius 3 is 2.93 bits per heavy atom. The number of nitrogens with one attached hydrogen (secondary N) is 1. The van der Waals surface area contributed by atoms with Crippen LogP contribution in [-0.4, -0.2) is 26.4 Å². The number of fused-ring (bicyclic) bond motifs is 1. The monoisotopic (exact) mass is 480 g/mol. The first-order valence-electron chi connectivity index (χ1n) is 9.98. The number of aromatic nitrogens is 3. The maximum atomic E-state index is 12.5. The van der Waals surface area contributed by atoms with Crippen LogP contribution in [0, 0.1) is 0 Å². The van der Waals surface area contributed by atoms with Gasteiger partial charge in [-0.2, -0.15) is 0 Å². The van der Waals surface area contributed by atoms with E-state index >= 15 is 0 Å². The number of hydrogen-bond acceptors (Lipinski definition) is 5. The van der Waals surface area contributed by atoms with E-state index in [0.717, 1.165) is 36.8 Å². The first kappa shape index (κ1) is 21.7. The van der Waals surface area contributed by atoms with E-state index in [1.807, 2.05) is 11.3 Å². The van der Waals surface area contributed by atoms with Gasteiger partial charge in [-0.05, 0) is 49.8 Å². The molecule has 0 fully saturated rings. The molecule has 1 amide bonds. The average Bonchev–Trinajstić information content (AvgIpc) is 3.34. The van der Waals surface area contributed by atoms with E-state index in [1.165, 1.54) is 40.6 Å². The number of anilines is 1. The summed E-state index contributed by atoms with van der Waals surface area (Å²) < 4.78 is 2.14. The Morgan fingerprint density at radius 1 is 1.27 bits per heavy atom. The number of thiophene rings is 1. The molecule has 0 bridgehead atoms. The average molecular weight is 481 g/mol. The second kappa shape index (κ2) is 9.73. The summed E-state index contributed by atoms with van der Waals surface area (Å²) in [7, 11) is 0. The molecule has 0 spiro atoms. The van der Waals surface area contributed by atoms with E-state index in [-0.39, 0.29) is 11.7 Å². The number of thioether (sulfide) groups is 1. The molecule has 1 aliphatic carbocycles. The lowest BCUT2D eigenvalue weighted by molar-refractivity contribution is -0.113. The van der Waals surface area contributed by atoms with Crippen molar-refractivity contribution in [2.24, 2.45) is 0 Å². The van der Waals surface area contributed by atoms with Crippen LogP contribution in [0.4, 0.5) is 5.69 Å². The summed E-state index contributed by atoms with van der Waals surface area (Å²) in [5.74, 6) is 0.966. The van der Waals surface area contributed by atoms with Gasteiger partial charge in [0.1, 0.15) is 0 Å². The van der Waals surface area contributed by atoms with Crippen molar-refractivity contribution in [2.45, 2.75) is 50.7 Å². The predicted molar refractivity (Wildman–Crippen MR) is 126 cm³/mol. The third-order valence-corrected chi connectivity index (χ3v) is 7.90. The first-order valence-corrected chi connectivity index (χ1v) is 12.6. The van der Waals surface area contributed by atoms with Crippen LogP contribution in [0.3, 0.4) is 0 Å². The lowest BCUT2D eigenvalue weighted by atomic mass is 9.95. The number of halogens is 2. The molecule has 0 radical (unpaired) electrons. The number of rotatable bonds is 7. The molecule has 5 nitrogen and oxygen atoms in total. The minimum absolute atomic E-state index is 0.162. The lowest BCUT2D eigenvalue weighted by Crippen LogP contribution is -2.15. The van der Waals surface area contributed by atoms with Crippen LogP contribution in [0.15, 0.2) is 28.7 Å². The molecular formula is C21H22Cl2N4OS2. The van der Waals surface area contributed by atoms with Crippen LogP contribution in [0.1, 0.15) is 36.6 Å². The topological polar surface area (TPSA) is 59.8 Å². The van der Waals surface area contributed by atoms with E-state index < -0.39 is 0 Å². The highest BCUT2D eigenvalue weighted by atomic mass is 35.5. The van der Waals surface area contributed by atoms with Crippen molar-refractivity contribution in [1.82, 2.24) is 14.8 Å². The number of carbonyl (C=O) groups is 1. The minimum atomic E-state index is -0.162. The van der Waals surface area contributed by atoms with E-state index in [1.54, 1.807) is 18.2 Å². The van der Waals surface area contributed by atoms with Crippen LogP contribution in [0.5, 0.6) is 0 Å². The normalized spacial score (nSPS) is 13.3. The molecule has 3 aromatic rings. The van der Waals surface area contributed by atoms with Crippen molar-refractivity contribution in [3.63, 3.8) is 0 Å². The molecule has 0 unspecified atom stereocenters. The number of aryl methyl sites for hydroxylation is 1. The van der Waals surface area contributed by atoms with E-state index in [0.29, 0.717) is 15.7 Å². The van der Waals surface area contributed by atoms with Gasteiger partial charge < -0.3 is 9.88 Å². The number of hydrogen-bond donors (Lipinski definition) is 1. The zero-order chi connectivity index (χ0) is 21.1. The van der Waals surface area contributed by atoms with Gasteiger partial charge in [0, 0.05) is 22.4 Å². The van der Waals surface area contributed by atoms with E-state index in [2.05, 4.69) is 32.4 Å². The second-order valence-corrected chi connectivity index (χ2v) is 9.85. The maximum absolute atomic E-state index is 12.5. The van der Waals surface area contributed by atoms with Gasteiger partial charge in [-0.3, -0.25) is 4.79 Å². The Bertz CT molecular complexity index is 1060. The highest BCUT2D eigenvalue weighted by Crippen LogP contribution is 2.37. The van der Waals surface area contributed by atoms with Crippen molar-refractivity contribution < 1.29 is 4.79 Å². The first-order chi connectivity index (χ1) is 14.6. The van der Waals surface area contributed by atoms with Crippen LogP contribution >= 0.6 is 46.3 Å². The molecule has 0 saturated heterocycles. The van der Waals surface area contributed by atoms with Gasteiger partial charge in [-0.25, -0.2) is 0 Å². The van der Waals surface area contributed by atoms with Gasteiger partial charge in [-0.15, -0.1) is 21.5 Å². The zero-order valence-electron chi connectivity index (χ0n) is 16.6. The predicted octanol–water partition coefficient (Wildman–Crippen LogP) is 6.33. The third-order valence-electron chi connectivity index (χ3n) is 5.02. The Balaban J connectivity index is 1.50. The number of benzene rings is 1. The quantitative estimate of drug-likeness (QED) is 0.401. The molecule has 158 valence electrons. The van der Waals surface area contributed by atoms with Crippen molar-refractivity contribution in [1.29, 1.82) is 0 Å². The van der Waals surface area contributed by atoms with Gasteiger partial charge in [0.2, 0.25) is 5.91 Å². The fraction of sp³-hybridized carbons (Fsp3) is 0.381. The Kier molecular flexibility index (Phi) is 7.03. The van der Waals surface area contributed by atoms with Crippen molar-refractivity contribution >= 4 is 57.9 Å². The molecule has 9 heteroatoms. The van der Waals surface area contributed by atoms with Gasteiger partial charge >= 0.3 is 0 Å². The van der Waals surface area contributed by atoms with E-state index in [4.69, 9.17) is 23.2 Å². The molecule has 30 heavy (non-hydrogen) atoms. The number of nitrogens with zero attached hydrogens (tertiary/aromatic N) is 3. The lowest BCUT2D eigenvalue weighted by Gasteiger charge is -2.14. The van der Waals surface area contributed by atoms with Crippen LogP contribution < -0.4 is 5.32 Å². The molecule has 2 heterocycles. The standard InChI is InChI=1S/C21H22Cl2N4OS2/c1-2-10-27-20(14-11-29-17-9-4-3-6-13(14)17)25-26-21(27)30-12-18(28)24-16-8-5-7-15(22)19(16)23/h5,7-8,11H,2-4,6,9-10,12H2,1H3,(H,24,28). The van der Waals surface area contributed by atoms with Crippen LogP contribution in [-0.2, 0) is 24.2 Å². The number of carbonyl (C=O) groups excluding carboxylic acids is 1. The van der Waals surface area contributed by atoms with Crippen molar-refractivity contribution in [2.75, 3.05) is 11.1 Å². The van der Waals surface area contributed by atoms with Gasteiger partial charge in [-0.1, -0.05) is 48.0 Å². The van der Waals surface area contributed by atoms with Crippen molar-refractivity contribution in [3.05, 3.63) is 44.1 Å². The Morgan fingerprint density at radius 2 is 2.10 bits per heavy atom. The van der Waals surface area contributed by atoms with Crippen LogP contribution in [0.2, 0.25) is 10.0 Å². The summed E-state index contributed by atoms with van der Waals surface area (Å²) in [6.45, 7) is 2.95. The maximum Gasteiger partial charge on any atom is 0.234 e. The van der Waals surface area contributed by atoms with Crippen LogP contribution in [0.25, 0.3) is 11.4 Å². The summed E-state index contributed by atoms with van der Waals surface area (Å²) >= 11 is 15.4. The molecule has 2 aromatic heterocycles. The van der Waals surface area contributed by atoms with Gasteiger partial charge in [0.05, 0.1) is 21.5 Å². The molecular weight excluding hydrogens is 459 g/mol. The Labute approximate surface area is 194 Å². The molecule has 0 saturated carbocycles. The summed E-state index contributed by atoms with van der Waals surface area (Å²) in [5.41, 5.74) is 3.15. The minimum Gasteiger partial charge on any atom is -0.324 e. The fourth-order valence-electron chi connectivity index (χ4n) is 3.62. The molecule has 4 rings (SSSR count). The second-order valence-electron chi connectivity index (χ2n) is 7.15. The summed E-state index contributed by atoms with van der Waals surface area (Å²) in [4.78, 5) is 13.9. The highest BCUT2D eigenvalue weighted by Gasteiger charge is 2.22. The van der Waals surface area contributed by atoms with Gasteiger partial charge in [0.25, 0.3) is 0 Å². The Hall–Kier alpha value is -1.54. The molecule has 1 aliphatic rings. The highest BCUT2D eigenvalue weighted by molar-refractivity contribution is 7.99. The molecule has 0 aliphatic heterocycles. The van der Waals surface area contributed by atoms with Crippen molar-refractivity contribution in [3.8, 4) is 11.4 Å². The van der Waals surface area contributed by atoms with E-state index in [9.17, 15) is 4.79 Å². The third kappa shape index (κ3) is 4.54. The molecule has 1 N–H and O–H groups in total. The zero-order valence-corrected chi connectivity index (χ0v) is 19.7. The SMILES string of the molecule is CCCn1c(SCC(=O)Nc2cccc(Cl)c2Cl)nnc1-c1csc2c1CCCC2. The molecule has 1 aromatic carbocycles. The van der Waals surface area contributed by atoms with Gasteiger partial charge in [0.15, 0.2) is 11.0 Å². The summed E-state index contributed by atoms with van der Waals surface area (Å²) in [6.07, 6.45) is 5.73.